The fourth-order valence-electron chi connectivity index (χ4n) is 2.70. The van der Waals surface area contributed by atoms with Crippen LogP contribution in [0.5, 0.6) is 0 Å². The van der Waals surface area contributed by atoms with Gasteiger partial charge in [0.15, 0.2) is 5.96 Å². The summed E-state index contributed by atoms with van der Waals surface area (Å²) in [5.74, 6) is 2.12. The first-order valence-corrected chi connectivity index (χ1v) is 9.43. The summed E-state index contributed by atoms with van der Waals surface area (Å²) in [6.45, 7) is 14.1. The molecule has 0 atom stereocenters. The third kappa shape index (κ3) is 8.70. The second-order valence-electron chi connectivity index (χ2n) is 7.64. The van der Waals surface area contributed by atoms with Crippen molar-refractivity contribution in [3.63, 3.8) is 0 Å². The van der Waals surface area contributed by atoms with E-state index in [1.54, 1.807) is 6.20 Å². The van der Waals surface area contributed by atoms with Crippen molar-refractivity contribution in [3.05, 3.63) is 17.8 Å². The minimum absolute atomic E-state index is 0. The first-order valence-electron chi connectivity index (χ1n) is 9.43. The molecule has 152 valence electrons. The van der Waals surface area contributed by atoms with Gasteiger partial charge in [-0.1, -0.05) is 47.5 Å². The normalized spacial score (nSPS) is 12.7. The number of hydrogen-bond acceptors (Lipinski definition) is 4. The van der Waals surface area contributed by atoms with Crippen molar-refractivity contribution in [2.24, 2.45) is 4.99 Å². The molecule has 1 rings (SSSR count). The Morgan fingerprint density at radius 2 is 1.77 bits per heavy atom. The SMILES string of the molecule is CCCC(O)(CCC)CNC(=NCc1ncc(C(C)(C)C)o1)NCC.I. The topological polar surface area (TPSA) is 82.7 Å². The monoisotopic (exact) mass is 480 g/mol. The number of rotatable bonds is 9. The Kier molecular flexibility index (Phi) is 11.4. The fraction of sp³-hybridized carbons (Fsp3) is 0.789. The van der Waals surface area contributed by atoms with Gasteiger partial charge in [-0.25, -0.2) is 9.98 Å². The maximum absolute atomic E-state index is 10.7. The van der Waals surface area contributed by atoms with Gasteiger partial charge in [-0.2, -0.15) is 0 Å². The largest absolute Gasteiger partial charge is 0.443 e. The first-order chi connectivity index (χ1) is 11.7. The molecule has 0 bridgehead atoms. The quantitative estimate of drug-likeness (QED) is 0.283. The van der Waals surface area contributed by atoms with Crippen LogP contribution < -0.4 is 10.6 Å². The number of oxazole rings is 1. The van der Waals surface area contributed by atoms with E-state index >= 15 is 0 Å². The highest BCUT2D eigenvalue weighted by atomic mass is 127. The van der Waals surface area contributed by atoms with Gasteiger partial charge in [0.05, 0.1) is 11.8 Å². The van der Waals surface area contributed by atoms with E-state index in [-0.39, 0.29) is 29.4 Å². The van der Waals surface area contributed by atoms with E-state index in [0.29, 0.717) is 24.9 Å². The van der Waals surface area contributed by atoms with Crippen LogP contribution in [0.3, 0.4) is 0 Å². The number of halogens is 1. The molecule has 0 saturated carbocycles. The summed E-state index contributed by atoms with van der Waals surface area (Å²) in [7, 11) is 0. The Hall–Kier alpha value is -0.830. The number of aliphatic hydroxyl groups is 1. The van der Waals surface area contributed by atoms with Gasteiger partial charge >= 0.3 is 0 Å². The molecule has 0 spiro atoms. The van der Waals surface area contributed by atoms with Crippen molar-refractivity contribution in [2.75, 3.05) is 13.1 Å². The maximum atomic E-state index is 10.7. The molecule has 7 heteroatoms. The van der Waals surface area contributed by atoms with Crippen molar-refractivity contribution in [3.8, 4) is 0 Å². The van der Waals surface area contributed by atoms with Crippen LogP contribution in [0.2, 0.25) is 0 Å². The van der Waals surface area contributed by atoms with Crippen LogP contribution in [-0.4, -0.2) is 34.7 Å². The molecule has 0 amide bonds. The van der Waals surface area contributed by atoms with Crippen LogP contribution in [0.25, 0.3) is 0 Å². The van der Waals surface area contributed by atoms with Crippen molar-refractivity contribution in [1.82, 2.24) is 15.6 Å². The minimum Gasteiger partial charge on any atom is -0.443 e. The zero-order chi connectivity index (χ0) is 18.9. The van der Waals surface area contributed by atoms with Gasteiger partial charge in [-0.3, -0.25) is 0 Å². The Labute approximate surface area is 175 Å². The van der Waals surface area contributed by atoms with E-state index in [0.717, 1.165) is 38.0 Å². The first kappa shape index (κ1) is 25.2. The summed E-state index contributed by atoms with van der Waals surface area (Å²) in [6.07, 6.45) is 5.24. The van der Waals surface area contributed by atoms with E-state index in [2.05, 4.69) is 55.2 Å². The number of hydrogen-bond donors (Lipinski definition) is 3. The summed E-state index contributed by atoms with van der Waals surface area (Å²) in [6, 6.07) is 0. The summed E-state index contributed by atoms with van der Waals surface area (Å²) in [5.41, 5.74) is -0.753. The van der Waals surface area contributed by atoms with Gasteiger partial charge in [0.2, 0.25) is 5.89 Å². The van der Waals surface area contributed by atoms with Gasteiger partial charge in [0.25, 0.3) is 0 Å². The molecule has 1 aromatic rings. The lowest BCUT2D eigenvalue weighted by Crippen LogP contribution is -2.47. The molecule has 0 saturated heterocycles. The van der Waals surface area contributed by atoms with Gasteiger partial charge in [0, 0.05) is 18.5 Å². The molecule has 0 aliphatic heterocycles. The van der Waals surface area contributed by atoms with Gasteiger partial charge in [-0.05, 0) is 19.8 Å². The Balaban J connectivity index is 0.00000625. The average molecular weight is 480 g/mol. The number of aromatic nitrogens is 1. The van der Waals surface area contributed by atoms with E-state index in [9.17, 15) is 5.11 Å². The number of nitrogens with one attached hydrogen (secondary N) is 2. The van der Waals surface area contributed by atoms with Crippen LogP contribution in [0.4, 0.5) is 0 Å². The zero-order valence-electron chi connectivity index (χ0n) is 17.2. The molecule has 0 unspecified atom stereocenters. The van der Waals surface area contributed by atoms with Crippen LogP contribution in [0, 0.1) is 0 Å². The van der Waals surface area contributed by atoms with E-state index in [1.165, 1.54) is 0 Å². The zero-order valence-corrected chi connectivity index (χ0v) is 19.5. The van der Waals surface area contributed by atoms with Crippen LogP contribution in [0.1, 0.15) is 78.9 Å². The van der Waals surface area contributed by atoms with E-state index in [4.69, 9.17) is 4.42 Å². The van der Waals surface area contributed by atoms with E-state index < -0.39 is 5.60 Å². The number of nitrogens with zero attached hydrogens (tertiary/aromatic N) is 2. The van der Waals surface area contributed by atoms with Crippen molar-refractivity contribution in [2.45, 2.75) is 84.8 Å². The fourth-order valence-corrected chi connectivity index (χ4v) is 2.70. The highest BCUT2D eigenvalue weighted by molar-refractivity contribution is 14.0. The van der Waals surface area contributed by atoms with Crippen LogP contribution in [-0.2, 0) is 12.0 Å². The smallest absolute Gasteiger partial charge is 0.216 e. The van der Waals surface area contributed by atoms with Crippen molar-refractivity contribution >= 4 is 29.9 Å². The Morgan fingerprint density at radius 1 is 1.15 bits per heavy atom. The molecule has 0 aliphatic carbocycles. The lowest BCUT2D eigenvalue weighted by atomic mass is 9.93. The second-order valence-corrected chi connectivity index (χ2v) is 7.64. The molecule has 26 heavy (non-hydrogen) atoms. The Morgan fingerprint density at radius 3 is 2.23 bits per heavy atom. The van der Waals surface area contributed by atoms with Crippen LogP contribution in [0.15, 0.2) is 15.6 Å². The number of guanidine groups is 1. The highest BCUT2D eigenvalue weighted by Gasteiger charge is 2.25. The number of aliphatic imine (C=N–C) groups is 1. The Bertz CT molecular complexity index is 532. The van der Waals surface area contributed by atoms with E-state index in [1.807, 2.05) is 6.92 Å². The minimum atomic E-state index is -0.692. The summed E-state index contributed by atoms with van der Waals surface area (Å²) < 4.78 is 5.78. The molecular formula is C19H37IN4O2. The predicted octanol–water partition coefficient (Wildman–Crippen LogP) is 3.98. The molecule has 0 aliphatic rings. The maximum Gasteiger partial charge on any atom is 0.216 e. The molecule has 0 radical (unpaired) electrons. The lowest BCUT2D eigenvalue weighted by Gasteiger charge is -2.28. The van der Waals surface area contributed by atoms with Gasteiger partial charge < -0.3 is 20.2 Å². The third-order valence-corrected chi connectivity index (χ3v) is 4.03. The molecule has 6 nitrogen and oxygen atoms in total. The third-order valence-electron chi connectivity index (χ3n) is 4.03. The molecule has 0 fully saturated rings. The van der Waals surface area contributed by atoms with Crippen LogP contribution >= 0.6 is 24.0 Å². The van der Waals surface area contributed by atoms with Crippen molar-refractivity contribution < 1.29 is 9.52 Å². The standard InChI is InChI=1S/C19H36N4O2.HI/c1-7-10-19(24,11-8-2)14-23-17(20-9-3)22-13-16-21-12-15(25-16)18(4,5)6;/h12,24H,7-11,13-14H2,1-6H3,(H2,20,22,23);1H. The summed E-state index contributed by atoms with van der Waals surface area (Å²) in [4.78, 5) is 8.83. The highest BCUT2D eigenvalue weighted by Crippen LogP contribution is 2.23. The molecule has 1 heterocycles. The second kappa shape index (κ2) is 11.8. The molecule has 1 aromatic heterocycles. The molecule has 0 aromatic carbocycles. The van der Waals surface area contributed by atoms with Gasteiger partial charge in [0.1, 0.15) is 12.3 Å². The predicted molar refractivity (Wildman–Crippen MR) is 118 cm³/mol. The summed E-state index contributed by atoms with van der Waals surface area (Å²) in [5, 5.41) is 17.2. The lowest BCUT2D eigenvalue weighted by molar-refractivity contribution is 0.0257. The van der Waals surface area contributed by atoms with Crippen molar-refractivity contribution in [1.29, 1.82) is 0 Å². The molecule has 3 N–H and O–H groups in total. The molecular weight excluding hydrogens is 443 g/mol. The summed E-state index contributed by atoms with van der Waals surface area (Å²) >= 11 is 0. The average Bonchev–Trinajstić information content (AvgIpc) is 3.00. The van der Waals surface area contributed by atoms with Gasteiger partial charge in [-0.15, -0.1) is 24.0 Å².